The van der Waals surface area contributed by atoms with E-state index in [1.54, 1.807) is 31.2 Å². The minimum absolute atomic E-state index is 0.141. The average molecular weight is 391 g/mol. The topological polar surface area (TPSA) is 59.8 Å². The van der Waals surface area contributed by atoms with E-state index in [1.807, 2.05) is 23.7 Å². The van der Waals surface area contributed by atoms with Crippen LogP contribution in [0.25, 0.3) is 11.4 Å². The van der Waals surface area contributed by atoms with Gasteiger partial charge < -0.3 is 9.88 Å². The second kappa shape index (κ2) is 7.88. The zero-order chi connectivity index (χ0) is 18.7. The van der Waals surface area contributed by atoms with Crippen molar-refractivity contribution in [3.63, 3.8) is 0 Å². The number of halogens is 2. The highest BCUT2D eigenvalue weighted by atomic mass is 35.5. The van der Waals surface area contributed by atoms with E-state index in [2.05, 4.69) is 15.5 Å². The Morgan fingerprint density at radius 1 is 1.23 bits per heavy atom. The van der Waals surface area contributed by atoms with Crippen LogP contribution >= 0.6 is 23.4 Å². The number of aryl methyl sites for hydroxylation is 1. The van der Waals surface area contributed by atoms with Crippen LogP contribution in [-0.4, -0.2) is 26.4 Å². The first-order valence-corrected chi connectivity index (χ1v) is 9.14. The molecule has 0 radical (unpaired) electrons. The number of thioether (sulfide) groups is 1. The number of hydrogen-bond acceptors (Lipinski definition) is 4. The van der Waals surface area contributed by atoms with Crippen molar-refractivity contribution in [2.24, 2.45) is 7.05 Å². The molecule has 5 nitrogen and oxygen atoms in total. The first-order chi connectivity index (χ1) is 12.4. The van der Waals surface area contributed by atoms with E-state index in [-0.39, 0.29) is 17.5 Å². The van der Waals surface area contributed by atoms with E-state index in [9.17, 15) is 9.18 Å². The molecule has 3 rings (SSSR count). The van der Waals surface area contributed by atoms with Gasteiger partial charge in [-0.1, -0.05) is 29.4 Å². The zero-order valence-corrected chi connectivity index (χ0v) is 15.7. The molecule has 0 atom stereocenters. The quantitative estimate of drug-likeness (QED) is 0.659. The average Bonchev–Trinajstić information content (AvgIpc) is 2.98. The summed E-state index contributed by atoms with van der Waals surface area (Å²) < 4.78 is 15.3. The molecule has 0 aliphatic rings. The molecule has 2 aromatic carbocycles. The standard InChI is InChI=1S/C18H16ClFN4OS/c1-11-3-8-14(9-15(11)20)21-16(25)10-26-18-23-22-17(24(18)2)12-4-6-13(19)7-5-12/h3-9H,10H2,1-2H3,(H,21,25). The van der Waals surface area contributed by atoms with Crippen molar-refractivity contribution in [3.05, 3.63) is 58.9 Å². The Balaban J connectivity index is 1.63. The SMILES string of the molecule is Cc1ccc(NC(=O)CSc2nnc(-c3ccc(Cl)cc3)n2C)cc1F. The van der Waals surface area contributed by atoms with Crippen molar-refractivity contribution in [2.45, 2.75) is 12.1 Å². The van der Waals surface area contributed by atoms with Crippen LogP contribution in [0.2, 0.25) is 5.02 Å². The molecular weight excluding hydrogens is 375 g/mol. The van der Waals surface area contributed by atoms with Gasteiger partial charge in [0.25, 0.3) is 0 Å². The number of hydrogen-bond donors (Lipinski definition) is 1. The molecule has 1 amide bonds. The van der Waals surface area contributed by atoms with Crippen LogP contribution in [0.15, 0.2) is 47.6 Å². The third kappa shape index (κ3) is 4.23. The van der Waals surface area contributed by atoms with Crippen molar-refractivity contribution in [2.75, 3.05) is 11.1 Å². The fraction of sp³-hybridized carbons (Fsp3) is 0.167. The van der Waals surface area contributed by atoms with Crippen LogP contribution in [-0.2, 0) is 11.8 Å². The molecule has 3 aromatic rings. The number of nitrogens with one attached hydrogen (secondary N) is 1. The summed E-state index contributed by atoms with van der Waals surface area (Å²) in [6, 6.07) is 11.9. The highest BCUT2D eigenvalue weighted by Crippen LogP contribution is 2.24. The van der Waals surface area contributed by atoms with Gasteiger partial charge in [0.1, 0.15) is 5.82 Å². The number of carbonyl (C=O) groups excluding carboxylic acids is 1. The molecule has 1 heterocycles. The summed E-state index contributed by atoms with van der Waals surface area (Å²) in [6.07, 6.45) is 0. The number of anilines is 1. The highest BCUT2D eigenvalue weighted by molar-refractivity contribution is 7.99. The number of carbonyl (C=O) groups is 1. The van der Waals surface area contributed by atoms with Crippen molar-refractivity contribution in [1.29, 1.82) is 0 Å². The molecule has 0 bridgehead atoms. The summed E-state index contributed by atoms with van der Waals surface area (Å²) in [5.41, 5.74) is 1.85. The Kier molecular flexibility index (Phi) is 5.58. The zero-order valence-electron chi connectivity index (χ0n) is 14.2. The van der Waals surface area contributed by atoms with Gasteiger partial charge in [0.2, 0.25) is 5.91 Å². The number of amides is 1. The van der Waals surface area contributed by atoms with E-state index >= 15 is 0 Å². The first kappa shape index (κ1) is 18.4. The number of rotatable bonds is 5. The smallest absolute Gasteiger partial charge is 0.234 e. The maximum absolute atomic E-state index is 13.5. The Morgan fingerprint density at radius 2 is 1.96 bits per heavy atom. The highest BCUT2D eigenvalue weighted by Gasteiger charge is 2.13. The van der Waals surface area contributed by atoms with Crippen LogP contribution in [0.5, 0.6) is 0 Å². The van der Waals surface area contributed by atoms with E-state index in [1.165, 1.54) is 17.8 Å². The lowest BCUT2D eigenvalue weighted by Gasteiger charge is -2.07. The van der Waals surface area contributed by atoms with Gasteiger partial charge >= 0.3 is 0 Å². The van der Waals surface area contributed by atoms with Crippen molar-refractivity contribution >= 4 is 35.0 Å². The fourth-order valence-electron chi connectivity index (χ4n) is 2.29. The third-order valence-electron chi connectivity index (χ3n) is 3.73. The molecule has 0 aliphatic heterocycles. The fourth-order valence-corrected chi connectivity index (χ4v) is 3.13. The molecule has 0 spiro atoms. The minimum atomic E-state index is -0.351. The van der Waals surface area contributed by atoms with E-state index in [4.69, 9.17) is 11.6 Å². The van der Waals surface area contributed by atoms with Crippen LogP contribution in [0.3, 0.4) is 0 Å². The van der Waals surface area contributed by atoms with Crippen LogP contribution < -0.4 is 5.32 Å². The maximum atomic E-state index is 13.5. The third-order valence-corrected chi connectivity index (χ3v) is 5.00. The monoisotopic (exact) mass is 390 g/mol. The largest absolute Gasteiger partial charge is 0.325 e. The van der Waals surface area contributed by atoms with Crippen LogP contribution in [0.1, 0.15) is 5.56 Å². The van der Waals surface area contributed by atoms with Gasteiger partial charge in [-0.05, 0) is 48.9 Å². The molecule has 0 saturated heterocycles. The number of benzene rings is 2. The summed E-state index contributed by atoms with van der Waals surface area (Å²) in [4.78, 5) is 12.1. The Hall–Kier alpha value is -2.38. The van der Waals surface area contributed by atoms with E-state index in [0.717, 1.165) is 5.56 Å². The Bertz CT molecular complexity index is 943. The molecule has 134 valence electrons. The second-order valence-corrected chi connectivity index (χ2v) is 7.05. The van der Waals surface area contributed by atoms with Crippen molar-refractivity contribution < 1.29 is 9.18 Å². The lowest BCUT2D eigenvalue weighted by Crippen LogP contribution is -2.14. The Morgan fingerprint density at radius 3 is 2.65 bits per heavy atom. The minimum Gasteiger partial charge on any atom is -0.325 e. The van der Waals surface area contributed by atoms with Gasteiger partial charge in [-0.2, -0.15) is 0 Å². The first-order valence-electron chi connectivity index (χ1n) is 7.78. The normalized spacial score (nSPS) is 10.8. The van der Waals surface area contributed by atoms with Gasteiger partial charge in [0.05, 0.1) is 5.75 Å². The van der Waals surface area contributed by atoms with Gasteiger partial charge in [0.15, 0.2) is 11.0 Å². The summed E-state index contributed by atoms with van der Waals surface area (Å²) >= 11 is 7.16. The molecule has 0 saturated carbocycles. The molecule has 26 heavy (non-hydrogen) atoms. The predicted octanol–water partition coefficient (Wildman–Crippen LogP) is 4.31. The summed E-state index contributed by atoms with van der Waals surface area (Å²) in [5.74, 6) is 0.234. The predicted molar refractivity (Wildman–Crippen MR) is 102 cm³/mol. The summed E-state index contributed by atoms with van der Waals surface area (Å²) in [5, 5.41) is 12.2. The Labute approximate surface area is 159 Å². The molecule has 1 aromatic heterocycles. The molecular formula is C18H16ClFN4OS. The number of nitrogens with zero attached hydrogens (tertiary/aromatic N) is 3. The van der Waals surface area contributed by atoms with Gasteiger partial charge in [-0.3, -0.25) is 4.79 Å². The van der Waals surface area contributed by atoms with Crippen LogP contribution in [0, 0.1) is 12.7 Å². The summed E-state index contributed by atoms with van der Waals surface area (Å²) in [6.45, 7) is 1.67. The lowest BCUT2D eigenvalue weighted by molar-refractivity contribution is -0.113. The van der Waals surface area contributed by atoms with Crippen LogP contribution in [0.4, 0.5) is 10.1 Å². The molecule has 0 aliphatic carbocycles. The van der Waals surface area contributed by atoms with Gasteiger partial charge in [-0.15, -0.1) is 10.2 Å². The maximum Gasteiger partial charge on any atom is 0.234 e. The lowest BCUT2D eigenvalue weighted by atomic mass is 10.2. The van der Waals surface area contributed by atoms with E-state index in [0.29, 0.717) is 27.3 Å². The summed E-state index contributed by atoms with van der Waals surface area (Å²) in [7, 11) is 1.83. The van der Waals surface area contributed by atoms with Gasteiger partial charge in [-0.25, -0.2) is 4.39 Å². The second-order valence-electron chi connectivity index (χ2n) is 5.67. The molecule has 1 N–H and O–H groups in total. The van der Waals surface area contributed by atoms with Crippen molar-refractivity contribution in [1.82, 2.24) is 14.8 Å². The molecule has 0 fully saturated rings. The molecule has 0 unspecified atom stereocenters. The molecule has 8 heteroatoms. The van der Waals surface area contributed by atoms with Crippen molar-refractivity contribution in [3.8, 4) is 11.4 Å². The van der Waals surface area contributed by atoms with E-state index < -0.39 is 0 Å². The van der Waals surface area contributed by atoms with Gasteiger partial charge in [0, 0.05) is 23.3 Å². The number of aromatic nitrogens is 3.